The highest BCUT2D eigenvalue weighted by Crippen LogP contribution is 2.47. The van der Waals surface area contributed by atoms with Crippen molar-refractivity contribution < 1.29 is 23.8 Å². The van der Waals surface area contributed by atoms with Crippen molar-refractivity contribution >= 4 is 11.9 Å². The highest BCUT2D eigenvalue weighted by molar-refractivity contribution is 5.83. The van der Waals surface area contributed by atoms with E-state index in [-0.39, 0.29) is 42.1 Å². The van der Waals surface area contributed by atoms with Crippen LogP contribution in [0.4, 0.5) is 0 Å². The van der Waals surface area contributed by atoms with E-state index in [4.69, 9.17) is 14.2 Å². The van der Waals surface area contributed by atoms with Gasteiger partial charge in [0.25, 0.3) is 0 Å². The van der Waals surface area contributed by atoms with E-state index in [1.54, 1.807) is 0 Å². The second-order valence-electron chi connectivity index (χ2n) is 7.13. The van der Waals surface area contributed by atoms with Crippen molar-refractivity contribution in [2.24, 2.45) is 23.7 Å². The Morgan fingerprint density at radius 1 is 1.19 bits per heavy atom. The molecule has 3 saturated heterocycles. The van der Waals surface area contributed by atoms with E-state index in [1.807, 2.05) is 0 Å². The molecule has 4 rings (SSSR count). The van der Waals surface area contributed by atoms with E-state index in [2.05, 4.69) is 13.8 Å². The summed E-state index contributed by atoms with van der Waals surface area (Å²) >= 11 is 0. The standard InChI is InChI=1S/C16H22O5/c1-7-8(2)13-10(6-12(7)19-13)15(17)21-14-9-4-3-5-11(9)20-16(14)18/h7-14H,3-6H2,1-2H3. The van der Waals surface area contributed by atoms with E-state index >= 15 is 0 Å². The summed E-state index contributed by atoms with van der Waals surface area (Å²) in [5.74, 6) is 0.0943. The molecule has 0 aromatic carbocycles. The molecule has 0 spiro atoms. The normalized spacial score (nSPS) is 51.0. The lowest BCUT2D eigenvalue weighted by Gasteiger charge is -2.27. The molecule has 1 aliphatic carbocycles. The van der Waals surface area contributed by atoms with Crippen molar-refractivity contribution in [1.29, 1.82) is 0 Å². The van der Waals surface area contributed by atoms with E-state index in [9.17, 15) is 9.59 Å². The number of carbonyl (C=O) groups is 2. The van der Waals surface area contributed by atoms with Gasteiger partial charge in [-0.2, -0.15) is 0 Å². The van der Waals surface area contributed by atoms with E-state index in [1.165, 1.54) is 0 Å². The first-order valence-corrected chi connectivity index (χ1v) is 8.12. The van der Waals surface area contributed by atoms with E-state index in [0.717, 1.165) is 25.7 Å². The molecule has 8 atom stereocenters. The number of fused-ring (bicyclic) bond motifs is 3. The quantitative estimate of drug-likeness (QED) is 0.725. The van der Waals surface area contributed by atoms with Crippen LogP contribution in [0.5, 0.6) is 0 Å². The summed E-state index contributed by atoms with van der Waals surface area (Å²) in [4.78, 5) is 24.4. The first-order chi connectivity index (χ1) is 10.1. The third kappa shape index (κ3) is 1.93. The molecular formula is C16H22O5. The molecule has 5 nitrogen and oxygen atoms in total. The van der Waals surface area contributed by atoms with Gasteiger partial charge >= 0.3 is 11.9 Å². The molecule has 0 radical (unpaired) electrons. The highest BCUT2D eigenvalue weighted by Gasteiger charge is 2.55. The van der Waals surface area contributed by atoms with Gasteiger partial charge in [0.1, 0.15) is 6.10 Å². The number of ether oxygens (including phenoxy) is 3. The fraction of sp³-hybridized carbons (Fsp3) is 0.875. The summed E-state index contributed by atoms with van der Waals surface area (Å²) in [7, 11) is 0. The van der Waals surface area contributed by atoms with Crippen molar-refractivity contribution in [3.05, 3.63) is 0 Å². The van der Waals surface area contributed by atoms with Crippen LogP contribution < -0.4 is 0 Å². The molecule has 3 aliphatic heterocycles. The Hall–Kier alpha value is -1.10. The molecule has 0 aromatic heterocycles. The first-order valence-electron chi connectivity index (χ1n) is 8.12. The minimum atomic E-state index is -0.683. The molecule has 8 unspecified atom stereocenters. The van der Waals surface area contributed by atoms with Crippen LogP contribution in [-0.4, -0.2) is 36.4 Å². The van der Waals surface area contributed by atoms with Crippen LogP contribution in [0.2, 0.25) is 0 Å². The zero-order valence-corrected chi connectivity index (χ0v) is 12.5. The third-order valence-electron chi connectivity index (χ3n) is 6.09. The van der Waals surface area contributed by atoms with Gasteiger partial charge < -0.3 is 14.2 Å². The van der Waals surface area contributed by atoms with Gasteiger partial charge in [-0.05, 0) is 37.5 Å². The molecule has 2 bridgehead atoms. The van der Waals surface area contributed by atoms with Crippen molar-refractivity contribution in [2.45, 2.75) is 63.9 Å². The summed E-state index contributed by atoms with van der Waals surface area (Å²) in [5, 5.41) is 0. The molecule has 4 fully saturated rings. The van der Waals surface area contributed by atoms with Crippen LogP contribution >= 0.6 is 0 Å². The average Bonchev–Trinajstić information content (AvgIpc) is 3.17. The highest BCUT2D eigenvalue weighted by atomic mass is 16.6. The Labute approximate surface area is 124 Å². The summed E-state index contributed by atoms with van der Waals surface area (Å²) in [6.45, 7) is 4.31. The zero-order chi connectivity index (χ0) is 14.7. The van der Waals surface area contributed by atoms with Gasteiger partial charge in [0.05, 0.1) is 18.1 Å². The lowest BCUT2D eigenvalue weighted by Crippen LogP contribution is -2.39. The minimum Gasteiger partial charge on any atom is -0.459 e. The van der Waals surface area contributed by atoms with Gasteiger partial charge in [-0.3, -0.25) is 4.79 Å². The Balaban J connectivity index is 1.44. The number of hydrogen-bond acceptors (Lipinski definition) is 5. The van der Waals surface area contributed by atoms with Gasteiger partial charge in [0, 0.05) is 5.92 Å². The molecule has 21 heavy (non-hydrogen) atoms. The second-order valence-corrected chi connectivity index (χ2v) is 7.13. The number of hydrogen-bond donors (Lipinski definition) is 0. The summed E-state index contributed by atoms with van der Waals surface area (Å²) in [6, 6.07) is 0. The average molecular weight is 294 g/mol. The molecular weight excluding hydrogens is 272 g/mol. The van der Waals surface area contributed by atoms with Crippen LogP contribution in [-0.2, 0) is 23.8 Å². The summed E-state index contributed by atoms with van der Waals surface area (Å²) in [5.41, 5.74) is 0. The number of rotatable bonds is 2. The summed E-state index contributed by atoms with van der Waals surface area (Å²) in [6.07, 6.45) is 2.98. The monoisotopic (exact) mass is 294 g/mol. The van der Waals surface area contributed by atoms with Gasteiger partial charge in [0.2, 0.25) is 6.10 Å². The summed E-state index contributed by atoms with van der Waals surface area (Å²) < 4.78 is 16.8. The molecule has 0 amide bonds. The van der Waals surface area contributed by atoms with Gasteiger partial charge in [-0.25, -0.2) is 4.79 Å². The Kier molecular flexibility index (Phi) is 3.03. The van der Waals surface area contributed by atoms with Gasteiger partial charge in [-0.15, -0.1) is 0 Å². The van der Waals surface area contributed by atoms with Crippen molar-refractivity contribution in [3.8, 4) is 0 Å². The zero-order valence-electron chi connectivity index (χ0n) is 12.5. The second kappa shape index (κ2) is 4.70. The van der Waals surface area contributed by atoms with Crippen LogP contribution in [0.15, 0.2) is 0 Å². The fourth-order valence-electron chi connectivity index (χ4n) is 4.62. The largest absolute Gasteiger partial charge is 0.459 e. The Morgan fingerprint density at radius 2 is 2.00 bits per heavy atom. The number of esters is 2. The minimum absolute atomic E-state index is 0.0366. The maximum atomic E-state index is 12.5. The van der Waals surface area contributed by atoms with Crippen LogP contribution in [0.25, 0.3) is 0 Å². The Bertz CT molecular complexity index is 473. The molecule has 0 aromatic rings. The fourth-order valence-corrected chi connectivity index (χ4v) is 4.62. The van der Waals surface area contributed by atoms with Crippen molar-refractivity contribution in [2.75, 3.05) is 0 Å². The number of carbonyl (C=O) groups excluding carboxylic acids is 2. The van der Waals surface area contributed by atoms with Crippen LogP contribution in [0.1, 0.15) is 39.5 Å². The molecule has 5 heteroatoms. The maximum absolute atomic E-state index is 12.5. The van der Waals surface area contributed by atoms with E-state index < -0.39 is 6.10 Å². The van der Waals surface area contributed by atoms with Gasteiger partial charge in [0.15, 0.2) is 0 Å². The molecule has 116 valence electrons. The first kappa shape index (κ1) is 13.6. The van der Waals surface area contributed by atoms with Crippen LogP contribution in [0.3, 0.4) is 0 Å². The predicted molar refractivity (Wildman–Crippen MR) is 72.2 cm³/mol. The molecule has 0 N–H and O–H groups in total. The maximum Gasteiger partial charge on any atom is 0.348 e. The van der Waals surface area contributed by atoms with Gasteiger partial charge in [-0.1, -0.05) is 13.8 Å². The molecule has 3 heterocycles. The molecule has 4 aliphatic rings. The predicted octanol–water partition coefficient (Wildman–Crippen LogP) is 1.68. The molecule has 1 saturated carbocycles. The lowest BCUT2D eigenvalue weighted by atomic mass is 9.76. The topological polar surface area (TPSA) is 61.8 Å². The smallest absolute Gasteiger partial charge is 0.348 e. The van der Waals surface area contributed by atoms with Crippen molar-refractivity contribution in [3.63, 3.8) is 0 Å². The third-order valence-corrected chi connectivity index (χ3v) is 6.09. The van der Waals surface area contributed by atoms with Crippen molar-refractivity contribution in [1.82, 2.24) is 0 Å². The van der Waals surface area contributed by atoms with Crippen LogP contribution in [0, 0.1) is 23.7 Å². The SMILES string of the molecule is CC1C2CC(C(=O)OC3C(=O)OC4CCCC43)C(O2)C1C. The Morgan fingerprint density at radius 3 is 2.71 bits per heavy atom. The lowest BCUT2D eigenvalue weighted by molar-refractivity contribution is -0.167. The van der Waals surface area contributed by atoms with E-state index in [0.29, 0.717) is 11.8 Å².